The number of hydrogen-bond acceptors (Lipinski definition) is 4. The van der Waals surface area contributed by atoms with Gasteiger partial charge in [-0.2, -0.15) is 0 Å². The summed E-state index contributed by atoms with van der Waals surface area (Å²) in [6.45, 7) is 8.18. The molecule has 0 aliphatic rings. The van der Waals surface area contributed by atoms with Gasteiger partial charge in [0.25, 0.3) is 5.56 Å². The van der Waals surface area contributed by atoms with Crippen molar-refractivity contribution in [1.82, 2.24) is 9.55 Å². The molecule has 1 heterocycles. The lowest BCUT2D eigenvalue weighted by Crippen LogP contribution is -2.24. The molecule has 0 unspecified atom stereocenters. The maximum Gasteiger partial charge on any atom is 0.262 e. The van der Waals surface area contributed by atoms with Gasteiger partial charge in [0.1, 0.15) is 0 Å². The third kappa shape index (κ3) is 4.89. The molecular weight excluding hydrogens is 406 g/mol. The highest BCUT2D eigenvalue weighted by Crippen LogP contribution is 2.25. The Labute approximate surface area is 178 Å². The predicted octanol–water partition coefficient (Wildman–Crippen LogP) is 5.09. The molecule has 0 radical (unpaired) electrons. The lowest BCUT2D eigenvalue weighted by atomic mass is 10.0. The Kier molecular flexibility index (Phi) is 6.77. The summed E-state index contributed by atoms with van der Waals surface area (Å²) in [6, 6.07) is 12.7. The van der Waals surface area contributed by atoms with Gasteiger partial charge in [0.05, 0.1) is 16.7 Å². The summed E-state index contributed by atoms with van der Waals surface area (Å²) in [5, 5.41) is 4.40. The summed E-state index contributed by atoms with van der Waals surface area (Å²) in [6.07, 6.45) is 1.63. The Morgan fingerprint density at radius 2 is 2.07 bits per heavy atom. The normalized spacial score (nSPS) is 11.0. The average Bonchev–Trinajstić information content (AvgIpc) is 2.69. The highest BCUT2D eigenvalue weighted by molar-refractivity contribution is 7.99. The molecule has 2 aromatic carbocycles. The molecule has 1 amide bonds. The van der Waals surface area contributed by atoms with Crippen LogP contribution in [0.3, 0.4) is 0 Å². The maximum absolute atomic E-state index is 12.8. The molecule has 3 rings (SSSR count). The SMILES string of the molecule is C=CCn1c(SCC(=O)Nc2ccccc2C(C)C)nc2cc(Cl)ccc2c1=O. The van der Waals surface area contributed by atoms with Crippen molar-refractivity contribution >= 4 is 45.9 Å². The second-order valence-corrected chi connectivity index (χ2v) is 8.22. The summed E-state index contributed by atoms with van der Waals surface area (Å²) in [5.41, 5.74) is 2.21. The molecule has 1 aromatic heterocycles. The van der Waals surface area contributed by atoms with Crippen LogP contribution in [0.2, 0.25) is 5.02 Å². The first-order chi connectivity index (χ1) is 13.9. The number of rotatable bonds is 7. The van der Waals surface area contributed by atoms with E-state index >= 15 is 0 Å². The highest BCUT2D eigenvalue weighted by Gasteiger charge is 2.14. The van der Waals surface area contributed by atoms with Gasteiger partial charge in [-0.3, -0.25) is 14.2 Å². The van der Waals surface area contributed by atoms with E-state index in [9.17, 15) is 9.59 Å². The number of aromatic nitrogens is 2. The van der Waals surface area contributed by atoms with E-state index in [-0.39, 0.29) is 17.2 Å². The van der Waals surface area contributed by atoms with Gasteiger partial charge in [-0.05, 0) is 35.7 Å². The molecule has 0 spiro atoms. The minimum atomic E-state index is -0.181. The number of amides is 1. The van der Waals surface area contributed by atoms with Crippen molar-refractivity contribution in [3.63, 3.8) is 0 Å². The number of benzene rings is 2. The van der Waals surface area contributed by atoms with Crippen LogP contribution in [0.15, 0.2) is 65.1 Å². The Hall–Kier alpha value is -2.57. The van der Waals surface area contributed by atoms with E-state index in [4.69, 9.17) is 11.6 Å². The van der Waals surface area contributed by atoms with Gasteiger partial charge in [0, 0.05) is 17.3 Å². The van der Waals surface area contributed by atoms with E-state index in [1.807, 2.05) is 24.3 Å². The van der Waals surface area contributed by atoms with Crippen LogP contribution < -0.4 is 10.9 Å². The number of carbonyl (C=O) groups is 1. The van der Waals surface area contributed by atoms with Crippen LogP contribution in [0.25, 0.3) is 10.9 Å². The Morgan fingerprint density at radius 1 is 1.31 bits per heavy atom. The van der Waals surface area contributed by atoms with Crippen molar-refractivity contribution in [3.05, 3.63) is 76.1 Å². The highest BCUT2D eigenvalue weighted by atomic mass is 35.5. The van der Waals surface area contributed by atoms with Crippen LogP contribution in [-0.4, -0.2) is 21.2 Å². The molecule has 0 atom stereocenters. The zero-order valence-electron chi connectivity index (χ0n) is 16.3. The molecule has 29 heavy (non-hydrogen) atoms. The first-order valence-corrected chi connectivity index (χ1v) is 10.6. The molecule has 3 aromatic rings. The lowest BCUT2D eigenvalue weighted by molar-refractivity contribution is -0.113. The third-order valence-electron chi connectivity index (χ3n) is 4.38. The summed E-state index contributed by atoms with van der Waals surface area (Å²) in [5.74, 6) is 0.264. The van der Waals surface area contributed by atoms with E-state index in [0.717, 1.165) is 11.3 Å². The Bertz CT molecular complexity index is 1120. The van der Waals surface area contributed by atoms with Crippen molar-refractivity contribution < 1.29 is 4.79 Å². The van der Waals surface area contributed by atoms with Crippen molar-refractivity contribution in [2.24, 2.45) is 0 Å². The van der Waals surface area contributed by atoms with Gasteiger partial charge >= 0.3 is 0 Å². The van der Waals surface area contributed by atoms with Gasteiger partial charge < -0.3 is 5.32 Å². The fourth-order valence-electron chi connectivity index (χ4n) is 3.00. The van der Waals surface area contributed by atoms with Gasteiger partial charge in [0.2, 0.25) is 5.91 Å². The molecule has 0 aliphatic heterocycles. The van der Waals surface area contributed by atoms with Crippen LogP contribution in [0.5, 0.6) is 0 Å². The van der Waals surface area contributed by atoms with Gasteiger partial charge in [-0.15, -0.1) is 6.58 Å². The van der Waals surface area contributed by atoms with E-state index in [0.29, 0.717) is 33.5 Å². The summed E-state index contributed by atoms with van der Waals surface area (Å²) in [4.78, 5) is 29.9. The molecule has 0 aliphatic carbocycles. The second kappa shape index (κ2) is 9.29. The van der Waals surface area contributed by atoms with E-state index in [1.54, 1.807) is 24.3 Å². The topological polar surface area (TPSA) is 64.0 Å². The molecule has 7 heteroatoms. The van der Waals surface area contributed by atoms with Crippen LogP contribution in [0, 0.1) is 0 Å². The van der Waals surface area contributed by atoms with Crippen LogP contribution in [0.4, 0.5) is 5.69 Å². The third-order valence-corrected chi connectivity index (χ3v) is 5.59. The molecule has 0 fully saturated rings. The standard InChI is InChI=1S/C22H22ClN3O2S/c1-4-11-26-21(28)17-10-9-15(23)12-19(17)25-22(26)29-13-20(27)24-18-8-6-5-7-16(18)14(2)3/h4-10,12,14H,1,11,13H2,2-3H3,(H,24,27). The summed E-state index contributed by atoms with van der Waals surface area (Å²) < 4.78 is 1.52. The first kappa shape index (κ1) is 21.1. The zero-order valence-corrected chi connectivity index (χ0v) is 17.9. The number of halogens is 1. The minimum Gasteiger partial charge on any atom is -0.325 e. The second-order valence-electron chi connectivity index (χ2n) is 6.84. The maximum atomic E-state index is 12.8. The Morgan fingerprint density at radius 3 is 2.79 bits per heavy atom. The fourth-order valence-corrected chi connectivity index (χ4v) is 3.98. The van der Waals surface area contributed by atoms with Crippen LogP contribution in [0.1, 0.15) is 25.3 Å². The largest absolute Gasteiger partial charge is 0.325 e. The molecule has 5 nitrogen and oxygen atoms in total. The van der Waals surface area contributed by atoms with E-state index < -0.39 is 0 Å². The lowest BCUT2D eigenvalue weighted by Gasteiger charge is -2.14. The smallest absolute Gasteiger partial charge is 0.262 e. The number of para-hydroxylation sites is 1. The van der Waals surface area contributed by atoms with E-state index in [2.05, 4.69) is 30.7 Å². The number of thioether (sulfide) groups is 1. The summed E-state index contributed by atoms with van der Waals surface area (Å²) in [7, 11) is 0. The average molecular weight is 428 g/mol. The quantitative estimate of drug-likeness (QED) is 0.324. The van der Waals surface area contributed by atoms with Crippen molar-refractivity contribution in [2.75, 3.05) is 11.1 Å². The number of anilines is 1. The van der Waals surface area contributed by atoms with E-state index in [1.165, 1.54) is 16.3 Å². The number of hydrogen-bond donors (Lipinski definition) is 1. The number of allylic oxidation sites excluding steroid dienone is 1. The molecule has 0 saturated carbocycles. The molecular formula is C22H22ClN3O2S. The van der Waals surface area contributed by atoms with Crippen molar-refractivity contribution in [1.29, 1.82) is 0 Å². The van der Waals surface area contributed by atoms with Crippen LogP contribution >= 0.6 is 23.4 Å². The van der Waals surface area contributed by atoms with Gasteiger partial charge in [-0.1, -0.05) is 61.5 Å². The summed E-state index contributed by atoms with van der Waals surface area (Å²) >= 11 is 7.26. The van der Waals surface area contributed by atoms with Crippen molar-refractivity contribution in [2.45, 2.75) is 31.5 Å². The molecule has 1 N–H and O–H groups in total. The number of fused-ring (bicyclic) bond motifs is 1. The predicted molar refractivity (Wildman–Crippen MR) is 121 cm³/mol. The molecule has 0 bridgehead atoms. The first-order valence-electron chi connectivity index (χ1n) is 9.23. The van der Waals surface area contributed by atoms with Crippen molar-refractivity contribution in [3.8, 4) is 0 Å². The Balaban J connectivity index is 1.84. The number of nitrogens with one attached hydrogen (secondary N) is 1. The fraction of sp³-hybridized carbons (Fsp3) is 0.227. The number of carbonyl (C=O) groups excluding carboxylic acids is 1. The van der Waals surface area contributed by atoms with Gasteiger partial charge in [-0.25, -0.2) is 4.98 Å². The number of nitrogens with zero attached hydrogens (tertiary/aromatic N) is 2. The zero-order chi connectivity index (χ0) is 21.0. The van der Waals surface area contributed by atoms with Gasteiger partial charge in [0.15, 0.2) is 5.16 Å². The van der Waals surface area contributed by atoms with Crippen LogP contribution in [-0.2, 0) is 11.3 Å². The molecule has 0 saturated heterocycles. The minimum absolute atomic E-state index is 0.127. The molecule has 150 valence electrons. The monoisotopic (exact) mass is 427 g/mol.